The Kier molecular flexibility index (Phi) is 7.66. The highest BCUT2D eigenvalue weighted by Gasteiger charge is 2.44. The van der Waals surface area contributed by atoms with Gasteiger partial charge in [-0.15, -0.1) is 0 Å². The van der Waals surface area contributed by atoms with E-state index in [1.165, 1.54) is 65.3 Å². The maximum absolute atomic E-state index is 4.30. The van der Waals surface area contributed by atoms with Crippen LogP contribution < -0.4 is 0 Å². The van der Waals surface area contributed by atoms with E-state index in [9.17, 15) is 0 Å². The topological polar surface area (TPSA) is 6.48 Å². The number of likely N-dealkylation sites (tertiary alicyclic amines) is 2. The quantitative estimate of drug-likeness (QED) is 0.176. The van der Waals surface area contributed by atoms with E-state index < -0.39 is 0 Å². The van der Waals surface area contributed by atoms with Gasteiger partial charge in [0.2, 0.25) is 0 Å². The third kappa shape index (κ3) is 5.25. The zero-order valence-corrected chi connectivity index (χ0v) is 28.7. The Labute approximate surface area is 300 Å². The Balaban J connectivity index is 1.16. The fourth-order valence-electron chi connectivity index (χ4n) is 9.42. The van der Waals surface area contributed by atoms with Gasteiger partial charge in [0.25, 0.3) is 0 Å². The van der Waals surface area contributed by atoms with Gasteiger partial charge in [0, 0.05) is 24.2 Å². The Morgan fingerprint density at radius 3 is 0.804 bits per heavy atom. The van der Waals surface area contributed by atoms with Crippen LogP contribution in [0.5, 0.6) is 0 Å². The van der Waals surface area contributed by atoms with Crippen molar-refractivity contribution in [3.8, 4) is 0 Å². The lowest BCUT2D eigenvalue weighted by atomic mass is 9.96. The second kappa shape index (κ2) is 12.8. The predicted molar refractivity (Wildman–Crippen MR) is 212 cm³/mol. The highest BCUT2D eigenvalue weighted by molar-refractivity contribution is 5.89. The molecule has 246 valence electrons. The average Bonchev–Trinajstić information content (AvgIpc) is 3.81. The van der Waals surface area contributed by atoms with Crippen molar-refractivity contribution in [2.75, 3.05) is 0 Å². The van der Waals surface area contributed by atoms with Gasteiger partial charge < -0.3 is 0 Å². The normalized spacial score (nSPS) is 21.3. The molecule has 0 aliphatic carbocycles. The molecule has 0 spiro atoms. The fraction of sp³-hybridized carbons (Fsp3) is 0.163. The van der Waals surface area contributed by atoms with Crippen LogP contribution in [-0.2, 0) is 0 Å². The molecule has 2 aliphatic rings. The summed E-state index contributed by atoms with van der Waals surface area (Å²) >= 11 is 0. The van der Waals surface area contributed by atoms with Gasteiger partial charge in [0.1, 0.15) is 6.67 Å². The van der Waals surface area contributed by atoms with Crippen molar-refractivity contribution in [3.63, 3.8) is 0 Å². The van der Waals surface area contributed by atoms with Crippen LogP contribution in [0.3, 0.4) is 0 Å². The smallest absolute Gasteiger partial charge is 0.148 e. The van der Waals surface area contributed by atoms with Crippen molar-refractivity contribution < 1.29 is 0 Å². The largest absolute Gasteiger partial charge is 0.265 e. The van der Waals surface area contributed by atoms with Crippen LogP contribution in [0.15, 0.2) is 170 Å². The maximum Gasteiger partial charge on any atom is 0.148 e. The minimum atomic E-state index is 0.196. The van der Waals surface area contributed by atoms with Gasteiger partial charge in [-0.25, -0.2) is 0 Å². The molecule has 2 radical (unpaired) electrons. The molecule has 0 aromatic heterocycles. The van der Waals surface area contributed by atoms with Gasteiger partial charge in [-0.2, -0.15) is 0 Å². The first-order chi connectivity index (χ1) is 25.3. The van der Waals surface area contributed by atoms with Crippen molar-refractivity contribution >= 4 is 43.1 Å². The van der Waals surface area contributed by atoms with E-state index in [0.29, 0.717) is 0 Å². The highest BCUT2D eigenvalue weighted by Crippen LogP contribution is 2.53. The third-order valence-electron chi connectivity index (χ3n) is 11.7. The van der Waals surface area contributed by atoms with Crippen LogP contribution >= 0.6 is 0 Å². The molecule has 0 bridgehead atoms. The first kappa shape index (κ1) is 30.5. The number of hydrogen-bond donors (Lipinski definition) is 0. The minimum absolute atomic E-state index is 0.196. The van der Waals surface area contributed by atoms with Gasteiger partial charge >= 0.3 is 0 Å². The highest BCUT2D eigenvalue weighted by atomic mass is 15.4. The van der Waals surface area contributed by atoms with Gasteiger partial charge in [0.05, 0.1) is 0 Å². The molecule has 2 fully saturated rings. The Bertz CT molecular complexity index is 2160. The standard InChI is InChI=1S/C49H40N2/c1-5-21-38-34(13-1)17-9-25-42(38)46-29-30-47(43-26-10-18-35-14-2-6-22-39(35)43)50(46)33-51-48(44-27-11-19-36-15-3-7-23-40(36)44)31-32-49(51)45-28-12-20-37-16-4-8-24-41(37)45/h1-28,46-49H,29-32H2/t46-,47-,48-,49-/m0/s1. The van der Waals surface area contributed by atoms with E-state index in [0.717, 1.165) is 25.7 Å². The zero-order chi connectivity index (χ0) is 33.7. The van der Waals surface area contributed by atoms with Crippen molar-refractivity contribution in [1.82, 2.24) is 9.80 Å². The molecule has 2 heteroatoms. The molecule has 8 aromatic carbocycles. The number of nitrogens with zero attached hydrogens (tertiary/aromatic N) is 2. The molecule has 51 heavy (non-hydrogen) atoms. The van der Waals surface area contributed by atoms with E-state index in [-0.39, 0.29) is 24.2 Å². The van der Waals surface area contributed by atoms with E-state index in [1.54, 1.807) is 0 Å². The summed E-state index contributed by atoms with van der Waals surface area (Å²) in [5.74, 6) is 0. The summed E-state index contributed by atoms with van der Waals surface area (Å²) in [6, 6.07) is 63.8. The van der Waals surface area contributed by atoms with Gasteiger partial charge in [-0.1, -0.05) is 170 Å². The first-order valence-electron chi connectivity index (χ1n) is 18.6. The lowest BCUT2D eigenvalue weighted by molar-refractivity contribution is 0.114. The third-order valence-corrected chi connectivity index (χ3v) is 11.7. The molecule has 0 unspecified atom stereocenters. The Morgan fingerprint density at radius 1 is 0.294 bits per heavy atom. The monoisotopic (exact) mass is 656 g/mol. The minimum Gasteiger partial charge on any atom is -0.265 e. The molecule has 2 saturated heterocycles. The molecule has 2 aliphatic heterocycles. The van der Waals surface area contributed by atoms with Crippen LogP contribution in [-0.4, -0.2) is 9.80 Å². The average molecular weight is 657 g/mol. The molecule has 2 nitrogen and oxygen atoms in total. The molecule has 2 heterocycles. The van der Waals surface area contributed by atoms with Crippen molar-refractivity contribution in [3.05, 3.63) is 199 Å². The van der Waals surface area contributed by atoms with Crippen LogP contribution in [0, 0.1) is 6.67 Å². The Hall–Kier alpha value is -5.28. The second-order valence-electron chi connectivity index (χ2n) is 14.4. The predicted octanol–water partition coefficient (Wildman–Crippen LogP) is 12.8. The first-order valence-corrected chi connectivity index (χ1v) is 18.6. The van der Waals surface area contributed by atoms with E-state index in [2.05, 4.69) is 186 Å². The molecule has 10 rings (SSSR count). The van der Waals surface area contributed by atoms with Gasteiger partial charge in [0.15, 0.2) is 0 Å². The van der Waals surface area contributed by atoms with Crippen molar-refractivity contribution in [2.24, 2.45) is 0 Å². The van der Waals surface area contributed by atoms with E-state index in [1.807, 2.05) is 0 Å². The molecule has 0 N–H and O–H groups in total. The summed E-state index contributed by atoms with van der Waals surface area (Å²) in [6.07, 6.45) is 4.28. The molecular formula is C49H40N2. The van der Waals surface area contributed by atoms with Gasteiger partial charge in [-0.3, -0.25) is 9.80 Å². The summed E-state index contributed by atoms with van der Waals surface area (Å²) in [6.45, 7) is 4.30. The second-order valence-corrected chi connectivity index (χ2v) is 14.4. The van der Waals surface area contributed by atoms with Crippen LogP contribution in [0.4, 0.5) is 0 Å². The molecule has 0 saturated carbocycles. The molecule has 0 amide bonds. The summed E-state index contributed by atoms with van der Waals surface area (Å²) in [5, 5.41) is 10.6. The van der Waals surface area contributed by atoms with Gasteiger partial charge in [-0.05, 0) is 91.0 Å². The zero-order valence-electron chi connectivity index (χ0n) is 28.7. The van der Waals surface area contributed by atoms with Crippen LogP contribution in [0.1, 0.15) is 72.1 Å². The van der Waals surface area contributed by atoms with E-state index >= 15 is 0 Å². The van der Waals surface area contributed by atoms with Crippen LogP contribution in [0.25, 0.3) is 43.1 Å². The molecule has 4 atom stereocenters. The van der Waals surface area contributed by atoms with E-state index in [4.69, 9.17) is 0 Å². The summed E-state index contributed by atoms with van der Waals surface area (Å²) in [7, 11) is 0. The maximum atomic E-state index is 4.30. The Morgan fingerprint density at radius 2 is 0.529 bits per heavy atom. The number of hydrogen-bond acceptors (Lipinski definition) is 2. The number of benzene rings is 8. The van der Waals surface area contributed by atoms with Crippen LogP contribution in [0.2, 0.25) is 0 Å². The molecule has 8 aromatic rings. The van der Waals surface area contributed by atoms with Crippen molar-refractivity contribution in [1.29, 1.82) is 0 Å². The molecular weight excluding hydrogens is 617 g/mol. The summed E-state index contributed by atoms with van der Waals surface area (Å²) < 4.78 is 0. The SMILES string of the molecule is [C](N1[C@H](c2cccc3ccccc23)CC[C@H]1c1cccc2ccccc12)N1[C@H](c2cccc3ccccc23)CC[C@H]1c1cccc2ccccc12. The number of fused-ring (bicyclic) bond motifs is 4. The summed E-state index contributed by atoms with van der Waals surface area (Å²) in [5.41, 5.74) is 5.58. The van der Waals surface area contributed by atoms with Crippen molar-refractivity contribution in [2.45, 2.75) is 49.9 Å². The fourth-order valence-corrected chi connectivity index (χ4v) is 9.42. The lowest BCUT2D eigenvalue weighted by Crippen LogP contribution is -2.35. The summed E-state index contributed by atoms with van der Waals surface area (Å²) in [4.78, 5) is 5.29. The lowest BCUT2D eigenvalue weighted by Gasteiger charge is -2.39. The number of rotatable bonds is 6.